The first-order chi connectivity index (χ1) is 44.6. The first kappa shape index (κ1) is 56.0. The van der Waals surface area contributed by atoms with Crippen molar-refractivity contribution in [1.82, 2.24) is 0 Å². The molecule has 0 fully saturated rings. The Labute approximate surface area is 526 Å². The molecule has 0 amide bonds. The second-order valence-corrected chi connectivity index (χ2v) is 22.9. The molecule has 2 aliphatic rings. The van der Waals surface area contributed by atoms with E-state index in [1.807, 2.05) is 200 Å². The van der Waals surface area contributed by atoms with Crippen LogP contribution in [-0.4, -0.2) is 0 Å². The van der Waals surface area contributed by atoms with Gasteiger partial charge in [0.15, 0.2) is 0 Å². The Morgan fingerprint density at radius 2 is 0.626 bits per heavy atom. The Hall–Kier alpha value is -11.5. The van der Waals surface area contributed by atoms with Crippen LogP contribution in [0.2, 0.25) is 0 Å². The van der Waals surface area contributed by atoms with Crippen LogP contribution in [0.3, 0.4) is 0 Å². The van der Waals surface area contributed by atoms with Gasteiger partial charge in [0.1, 0.15) is 46.3 Å². The summed E-state index contributed by atoms with van der Waals surface area (Å²) in [5.74, 6) is -0.553. The van der Waals surface area contributed by atoms with E-state index in [4.69, 9.17) is 9.47 Å². The average molecular weight is 1190 g/mol. The SMILES string of the molecule is C=Cc1ccc(Oc2ccc(C3(c4c(F)cccc4F)c4ccccc4-c4ccc(N(c5ccc(-c6cccc(-c7ccccc7)c6)cc5)c5ccc6c(c5)C(c5ccc(Oc7ccc(C=C)cc7)cc5)(c5c(F)cccc5F)c5ccccc5-6)cc43)cc2)cc1. The third-order valence-corrected chi connectivity index (χ3v) is 18.0. The smallest absolute Gasteiger partial charge is 0.130 e. The van der Waals surface area contributed by atoms with E-state index in [1.165, 1.54) is 36.4 Å². The van der Waals surface area contributed by atoms with Crippen LogP contribution in [0, 0.1) is 23.3 Å². The second-order valence-electron chi connectivity index (χ2n) is 22.9. The van der Waals surface area contributed by atoms with Gasteiger partial charge in [-0.1, -0.05) is 207 Å². The van der Waals surface area contributed by atoms with Crippen molar-refractivity contribution in [3.63, 3.8) is 0 Å². The van der Waals surface area contributed by atoms with E-state index in [0.717, 1.165) is 61.3 Å². The first-order valence-corrected chi connectivity index (χ1v) is 30.1. The zero-order valence-electron chi connectivity index (χ0n) is 49.1. The van der Waals surface area contributed by atoms with E-state index in [-0.39, 0.29) is 11.1 Å². The van der Waals surface area contributed by atoms with Crippen molar-refractivity contribution in [3.8, 4) is 67.5 Å². The molecule has 0 spiro atoms. The largest absolute Gasteiger partial charge is 0.457 e. The molecular weight excluding hydrogens is 1130 g/mol. The fraction of sp³-hybridized carbons (Fsp3) is 0.0238. The molecule has 0 aromatic heterocycles. The molecule has 0 aliphatic heterocycles. The van der Waals surface area contributed by atoms with Crippen LogP contribution in [0.25, 0.3) is 56.7 Å². The molecule has 0 saturated heterocycles. The third kappa shape index (κ3) is 9.44. The Morgan fingerprint density at radius 1 is 0.286 bits per heavy atom. The van der Waals surface area contributed by atoms with Crippen molar-refractivity contribution in [2.75, 3.05) is 4.90 Å². The molecule has 91 heavy (non-hydrogen) atoms. The Bertz CT molecular complexity index is 4660. The number of anilines is 3. The van der Waals surface area contributed by atoms with E-state index < -0.39 is 34.1 Å². The Balaban J connectivity index is 0.948. The molecule has 0 radical (unpaired) electrons. The maximum Gasteiger partial charge on any atom is 0.130 e. The normalized spacial score (nSPS) is 15.0. The van der Waals surface area contributed by atoms with Gasteiger partial charge in [-0.15, -0.1) is 0 Å². The van der Waals surface area contributed by atoms with E-state index >= 15 is 17.6 Å². The molecule has 3 nitrogen and oxygen atoms in total. The Kier molecular flexibility index (Phi) is 14.1. The highest BCUT2D eigenvalue weighted by Crippen LogP contribution is 2.61. The van der Waals surface area contributed by atoms with Crippen molar-refractivity contribution in [2.45, 2.75) is 10.8 Å². The summed E-state index contributed by atoms with van der Waals surface area (Å²) in [7, 11) is 0. The fourth-order valence-electron chi connectivity index (χ4n) is 13.9. The van der Waals surface area contributed by atoms with Crippen molar-refractivity contribution >= 4 is 29.2 Å². The number of benzene rings is 13. The van der Waals surface area contributed by atoms with Crippen LogP contribution in [-0.2, 0) is 10.8 Å². The summed E-state index contributed by atoms with van der Waals surface area (Å²) in [5, 5.41) is 0. The summed E-state index contributed by atoms with van der Waals surface area (Å²) in [6.45, 7) is 7.76. The first-order valence-electron chi connectivity index (χ1n) is 30.1. The van der Waals surface area contributed by atoms with Crippen molar-refractivity contribution in [3.05, 3.63) is 389 Å². The highest BCUT2D eigenvalue weighted by molar-refractivity contribution is 5.93. The molecule has 15 rings (SSSR count). The summed E-state index contributed by atoms with van der Waals surface area (Å²) >= 11 is 0. The minimum atomic E-state index is -1.55. The fourth-order valence-corrected chi connectivity index (χ4v) is 13.9. The molecule has 0 bridgehead atoms. The van der Waals surface area contributed by atoms with Gasteiger partial charge >= 0.3 is 0 Å². The van der Waals surface area contributed by atoms with Crippen LogP contribution in [0.4, 0.5) is 34.6 Å². The molecule has 2 unspecified atom stereocenters. The van der Waals surface area contributed by atoms with E-state index in [9.17, 15) is 0 Å². The molecule has 436 valence electrons. The van der Waals surface area contributed by atoms with Gasteiger partial charge in [0.2, 0.25) is 0 Å². The predicted octanol–water partition coefficient (Wildman–Crippen LogP) is 22.6. The van der Waals surface area contributed by atoms with Crippen LogP contribution >= 0.6 is 0 Å². The highest BCUT2D eigenvalue weighted by atomic mass is 19.1. The topological polar surface area (TPSA) is 21.7 Å². The number of nitrogens with zero attached hydrogens (tertiary/aromatic N) is 1. The lowest BCUT2D eigenvalue weighted by molar-refractivity contribution is 0.481. The lowest BCUT2D eigenvalue weighted by atomic mass is 9.67. The minimum absolute atomic E-state index is 0.130. The lowest BCUT2D eigenvalue weighted by Crippen LogP contribution is -2.31. The average Bonchev–Trinajstić information content (AvgIpc) is 1.57. The molecule has 0 heterocycles. The predicted molar refractivity (Wildman–Crippen MR) is 360 cm³/mol. The van der Waals surface area contributed by atoms with Crippen LogP contribution < -0.4 is 14.4 Å². The molecule has 2 atom stereocenters. The molecule has 13 aromatic carbocycles. The summed E-state index contributed by atoms with van der Waals surface area (Å²) in [6, 6.07) is 92.9. The molecule has 7 heteroatoms. The number of fused-ring (bicyclic) bond motifs is 6. The van der Waals surface area contributed by atoms with Gasteiger partial charge in [-0.05, 0) is 204 Å². The minimum Gasteiger partial charge on any atom is -0.457 e. The summed E-state index contributed by atoms with van der Waals surface area (Å²) in [5.41, 5.74) is 11.8. The van der Waals surface area contributed by atoms with E-state index in [2.05, 4.69) is 78.7 Å². The van der Waals surface area contributed by atoms with Crippen LogP contribution in [0.5, 0.6) is 23.0 Å². The second kappa shape index (κ2) is 22.9. The quantitative estimate of drug-likeness (QED) is 0.0955. The molecule has 2 aliphatic carbocycles. The van der Waals surface area contributed by atoms with Gasteiger partial charge in [-0.3, -0.25) is 0 Å². The summed E-state index contributed by atoms with van der Waals surface area (Å²) in [4.78, 5) is 2.12. The molecular formula is C84H55F4NO2. The highest BCUT2D eigenvalue weighted by Gasteiger charge is 2.51. The van der Waals surface area contributed by atoms with Gasteiger partial charge in [0.25, 0.3) is 0 Å². The van der Waals surface area contributed by atoms with Crippen LogP contribution in [0.1, 0.15) is 55.6 Å². The standard InChI is InChI=1S/C84H55F4NO2/c1-3-54-27-41-65(42-28-54)90-67-45-33-60(34-46-67)83(81-77(85)23-13-24-78(81)86)73-21-10-8-19-69(73)71-49-39-63(52-75(71)83)89(62-37-31-57(32-38-62)59-18-12-17-58(51-59)56-15-6-5-7-16-56)64-40-50-72-70-20-9-11-22-74(70)84(76(72)53-64,82-79(87)25-14-26-80(82)88)61-35-47-68(48-36-61)91-66-43-29-55(4-2)30-44-66/h3-53H,1-2H2. The Morgan fingerprint density at radius 3 is 1.04 bits per heavy atom. The molecule has 0 saturated carbocycles. The van der Waals surface area contributed by atoms with Crippen molar-refractivity contribution in [1.29, 1.82) is 0 Å². The van der Waals surface area contributed by atoms with Gasteiger partial charge in [0.05, 0.1) is 10.8 Å². The summed E-state index contributed by atoms with van der Waals surface area (Å²) < 4.78 is 82.3. The van der Waals surface area contributed by atoms with Gasteiger partial charge in [-0.2, -0.15) is 0 Å². The lowest BCUT2D eigenvalue weighted by Gasteiger charge is -2.36. The number of hydrogen-bond acceptors (Lipinski definition) is 3. The van der Waals surface area contributed by atoms with E-state index in [1.54, 1.807) is 12.2 Å². The molecule has 13 aromatic rings. The number of hydrogen-bond donors (Lipinski definition) is 0. The third-order valence-electron chi connectivity index (χ3n) is 18.0. The monoisotopic (exact) mass is 1190 g/mol. The zero-order chi connectivity index (χ0) is 61.8. The van der Waals surface area contributed by atoms with Crippen LogP contribution in [0.15, 0.2) is 310 Å². The maximum atomic E-state index is 17.4. The number of ether oxygens (including phenoxy) is 2. The van der Waals surface area contributed by atoms with E-state index in [0.29, 0.717) is 67.8 Å². The molecule has 0 N–H and O–H groups in total. The zero-order valence-corrected chi connectivity index (χ0v) is 49.1. The maximum absolute atomic E-state index is 17.4. The number of halogens is 4. The van der Waals surface area contributed by atoms with Crippen molar-refractivity contribution < 1.29 is 27.0 Å². The number of rotatable bonds is 15. The van der Waals surface area contributed by atoms with Crippen molar-refractivity contribution in [2.24, 2.45) is 0 Å². The van der Waals surface area contributed by atoms with Gasteiger partial charge in [0, 0.05) is 28.2 Å². The van der Waals surface area contributed by atoms with Gasteiger partial charge < -0.3 is 14.4 Å². The van der Waals surface area contributed by atoms with Gasteiger partial charge in [-0.25, -0.2) is 17.6 Å². The summed E-state index contributed by atoms with van der Waals surface area (Å²) in [6.07, 6.45) is 3.53.